The maximum Gasteiger partial charge on any atom is 0.247 e. The number of carbonyl (C=O) groups excluding carboxylic acids is 1. The highest BCUT2D eigenvalue weighted by atomic mass is 32.2. The van der Waals surface area contributed by atoms with Crippen molar-refractivity contribution >= 4 is 27.5 Å². The van der Waals surface area contributed by atoms with Crippen LogP contribution in [-0.2, 0) is 26.6 Å². The molecule has 172 valence electrons. The normalized spacial score (nSPS) is 18.1. The molecular formula is C26H34N2O3S. The van der Waals surface area contributed by atoms with Gasteiger partial charge in [-0.3, -0.25) is 4.79 Å². The van der Waals surface area contributed by atoms with Gasteiger partial charge in [0.15, 0.2) is 9.84 Å². The molecule has 1 aliphatic heterocycles. The average molecular weight is 455 g/mol. The number of hydrogen-bond donors (Lipinski definition) is 0. The molecule has 0 bridgehead atoms. The lowest BCUT2D eigenvalue weighted by molar-refractivity contribution is -0.128. The molecule has 2 aromatic carbocycles. The highest BCUT2D eigenvalue weighted by Gasteiger charge is 2.34. The van der Waals surface area contributed by atoms with E-state index in [2.05, 4.69) is 32.9 Å². The quantitative estimate of drug-likeness (QED) is 0.612. The molecule has 1 amide bonds. The van der Waals surface area contributed by atoms with E-state index in [0.29, 0.717) is 13.0 Å². The van der Waals surface area contributed by atoms with Gasteiger partial charge in [-0.1, -0.05) is 57.2 Å². The number of hydrogen-bond acceptors (Lipinski definition) is 4. The maximum atomic E-state index is 13.2. The van der Waals surface area contributed by atoms with Gasteiger partial charge in [0, 0.05) is 38.4 Å². The molecule has 1 saturated heterocycles. The summed E-state index contributed by atoms with van der Waals surface area (Å²) in [5.74, 6) is 0.00503. The largest absolute Gasteiger partial charge is 0.378 e. The molecule has 2 aromatic rings. The Bertz CT molecular complexity index is 1060. The van der Waals surface area contributed by atoms with E-state index in [1.54, 1.807) is 17.1 Å². The summed E-state index contributed by atoms with van der Waals surface area (Å²) in [5, 5.41) is 0. The molecule has 0 aliphatic carbocycles. The highest BCUT2D eigenvalue weighted by Crippen LogP contribution is 2.24. The number of anilines is 1. The van der Waals surface area contributed by atoms with E-state index in [-0.39, 0.29) is 28.9 Å². The molecule has 5 nitrogen and oxygen atoms in total. The zero-order valence-corrected chi connectivity index (χ0v) is 20.5. The van der Waals surface area contributed by atoms with Gasteiger partial charge in [-0.15, -0.1) is 0 Å². The lowest BCUT2D eigenvalue weighted by Gasteiger charge is -2.27. The van der Waals surface area contributed by atoms with E-state index < -0.39 is 9.84 Å². The standard InChI is InChI=1S/C26H34N2O3S/c1-26(2,3)22-11-6-20(7-12-22)10-15-25(29)28(24-16-17-32(30,31)19-24)18-21-8-13-23(14-9-21)27(4)5/h6-15,24H,16-19H2,1-5H3/b15-10+/t24-/m0/s1. The van der Waals surface area contributed by atoms with Crippen LogP contribution in [0.2, 0.25) is 0 Å². The molecular weight excluding hydrogens is 420 g/mol. The van der Waals surface area contributed by atoms with E-state index in [1.165, 1.54) is 5.56 Å². The van der Waals surface area contributed by atoms with Gasteiger partial charge < -0.3 is 9.80 Å². The Morgan fingerprint density at radius 3 is 2.16 bits per heavy atom. The van der Waals surface area contributed by atoms with Crippen LogP contribution in [0, 0.1) is 0 Å². The van der Waals surface area contributed by atoms with Gasteiger partial charge in [-0.2, -0.15) is 0 Å². The topological polar surface area (TPSA) is 57.7 Å². The van der Waals surface area contributed by atoms with E-state index in [4.69, 9.17) is 0 Å². The Morgan fingerprint density at radius 1 is 1.03 bits per heavy atom. The van der Waals surface area contributed by atoms with Crippen molar-refractivity contribution in [3.63, 3.8) is 0 Å². The van der Waals surface area contributed by atoms with E-state index in [1.807, 2.05) is 55.4 Å². The van der Waals surface area contributed by atoms with Crippen molar-refractivity contribution in [2.24, 2.45) is 0 Å². The SMILES string of the molecule is CN(C)c1ccc(CN(C(=O)/C=C/c2ccc(C(C)(C)C)cc2)[C@H]2CCS(=O)(=O)C2)cc1. The van der Waals surface area contributed by atoms with Crippen LogP contribution >= 0.6 is 0 Å². The fourth-order valence-corrected chi connectivity index (χ4v) is 5.59. The zero-order valence-electron chi connectivity index (χ0n) is 19.7. The van der Waals surface area contributed by atoms with Crippen molar-refractivity contribution in [3.8, 4) is 0 Å². The summed E-state index contributed by atoms with van der Waals surface area (Å²) in [5.41, 5.74) is 4.32. The zero-order chi connectivity index (χ0) is 23.5. The lowest BCUT2D eigenvalue weighted by Crippen LogP contribution is -2.39. The van der Waals surface area contributed by atoms with Crippen LogP contribution in [0.1, 0.15) is 43.9 Å². The summed E-state index contributed by atoms with van der Waals surface area (Å²) >= 11 is 0. The Labute approximate surface area is 192 Å². The summed E-state index contributed by atoms with van der Waals surface area (Å²) in [6, 6.07) is 15.9. The third kappa shape index (κ3) is 6.22. The van der Waals surface area contributed by atoms with Gasteiger partial charge in [0.05, 0.1) is 11.5 Å². The molecule has 1 heterocycles. The van der Waals surface area contributed by atoms with Crippen molar-refractivity contribution < 1.29 is 13.2 Å². The van der Waals surface area contributed by atoms with Crippen LogP contribution in [0.4, 0.5) is 5.69 Å². The first-order chi connectivity index (χ1) is 14.9. The molecule has 6 heteroatoms. The van der Waals surface area contributed by atoms with Gasteiger partial charge in [0.2, 0.25) is 5.91 Å². The van der Waals surface area contributed by atoms with Gasteiger partial charge in [0.25, 0.3) is 0 Å². The molecule has 0 N–H and O–H groups in total. The average Bonchev–Trinajstić information content (AvgIpc) is 3.09. The summed E-state index contributed by atoms with van der Waals surface area (Å²) in [6.45, 7) is 6.89. The fourth-order valence-electron chi connectivity index (χ4n) is 3.86. The second-order valence-electron chi connectivity index (χ2n) is 9.79. The van der Waals surface area contributed by atoms with Crippen LogP contribution in [-0.4, -0.2) is 50.9 Å². The second kappa shape index (κ2) is 9.49. The Kier molecular flexibility index (Phi) is 7.13. The van der Waals surface area contributed by atoms with Gasteiger partial charge in [-0.05, 0) is 46.7 Å². The van der Waals surface area contributed by atoms with Crippen LogP contribution < -0.4 is 4.90 Å². The van der Waals surface area contributed by atoms with Crippen LogP contribution in [0.25, 0.3) is 6.08 Å². The fraction of sp³-hybridized carbons (Fsp3) is 0.423. The Morgan fingerprint density at radius 2 is 1.66 bits per heavy atom. The van der Waals surface area contributed by atoms with Crippen LogP contribution in [0.5, 0.6) is 0 Å². The molecule has 0 aromatic heterocycles. The molecule has 0 spiro atoms. The van der Waals surface area contributed by atoms with Gasteiger partial charge >= 0.3 is 0 Å². The summed E-state index contributed by atoms with van der Waals surface area (Å²) < 4.78 is 24.1. The van der Waals surface area contributed by atoms with Gasteiger partial charge in [-0.25, -0.2) is 8.42 Å². The number of amides is 1. The number of benzene rings is 2. The number of nitrogens with zero attached hydrogens (tertiary/aromatic N) is 2. The first-order valence-electron chi connectivity index (χ1n) is 11.0. The Hall–Kier alpha value is -2.60. The molecule has 0 unspecified atom stereocenters. The molecule has 32 heavy (non-hydrogen) atoms. The van der Waals surface area contributed by atoms with E-state index in [0.717, 1.165) is 16.8 Å². The Balaban J connectivity index is 1.79. The number of rotatable bonds is 6. The van der Waals surface area contributed by atoms with Crippen molar-refractivity contribution in [1.82, 2.24) is 4.90 Å². The number of carbonyl (C=O) groups is 1. The van der Waals surface area contributed by atoms with Crippen molar-refractivity contribution in [1.29, 1.82) is 0 Å². The molecule has 1 aliphatic rings. The summed E-state index contributed by atoms with van der Waals surface area (Å²) in [7, 11) is 0.864. The minimum atomic E-state index is -3.09. The molecule has 1 atom stereocenters. The molecule has 0 saturated carbocycles. The van der Waals surface area contributed by atoms with Crippen LogP contribution in [0.3, 0.4) is 0 Å². The summed E-state index contributed by atoms with van der Waals surface area (Å²) in [4.78, 5) is 16.9. The number of sulfone groups is 1. The molecule has 0 radical (unpaired) electrons. The lowest BCUT2D eigenvalue weighted by atomic mass is 9.87. The minimum Gasteiger partial charge on any atom is -0.378 e. The molecule has 1 fully saturated rings. The predicted molar refractivity (Wildman–Crippen MR) is 133 cm³/mol. The predicted octanol–water partition coefficient (Wildman–Crippen LogP) is 4.28. The monoisotopic (exact) mass is 454 g/mol. The van der Waals surface area contributed by atoms with Crippen LogP contribution in [0.15, 0.2) is 54.6 Å². The van der Waals surface area contributed by atoms with Crippen molar-refractivity contribution in [2.45, 2.75) is 45.2 Å². The second-order valence-corrected chi connectivity index (χ2v) is 12.0. The first-order valence-corrected chi connectivity index (χ1v) is 12.8. The van der Waals surface area contributed by atoms with E-state index >= 15 is 0 Å². The maximum absolute atomic E-state index is 13.2. The van der Waals surface area contributed by atoms with Crippen molar-refractivity contribution in [2.75, 3.05) is 30.5 Å². The smallest absolute Gasteiger partial charge is 0.247 e. The third-order valence-electron chi connectivity index (χ3n) is 5.93. The highest BCUT2D eigenvalue weighted by molar-refractivity contribution is 7.91. The summed E-state index contributed by atoms with van der Waals surface area (Å²) in [6.07, 6.45) is 3.85. The minimum absolute atomic E-state index is 0.0304. The van der Waals surface area contributed by atoms with E-state index in [9.17, 15) is 13.2 Å². The molecule has 3 rings (SSSR count). The van der Waals surface area contributed by atoms with Gasteiger partial charge in [0.1, 0.15) is 0 Å². The first kappa shape index (κ1) is 24.1. The van der Waals surface area contributed by atoms with Crippen molar-refractivity contribution in [3.05, 3.63) is 71.3 Å². The third-order valence-corrected chi connectivity index (χ3v) is 7.68.